The number of hydrogen-bond acceptors (Lipinski definition) is 4. The van der Waals surface area contributed by atoms with Crippen molar-refractivity contribution in [1.29, 1.82) is 0 Å². The van der Waals surface area contributed by atoms with E-state index >= 15 is 0 Å². The smallest absolute Gasteiger partial charge is 0.387 e. The Morgan fingerprint density at radius 1 is 1.55 bits per heavy atom. The van der Waals surface area contributed by atoms with Crippen molar-refractivity contribution in [1.82, 2.24) is 4.90 Å². The van der Waals surface area contributed by atoms with Crippen molar-refractivity contribution in [3.8, 4) is 11.5 Å². The molecule has 0 saturated carbocycles. The highest BCUT2D eigenvalue weighted by molar-refractivity contribution is 9.10. The summed E-state index contributed by atoms with van der Waals surface area (Å²) in [4.78, 5) is 13.0. The number of carbonyl (C=O) groups is 1. The van der Waals surface area contributed by atoms with Gasteiger partial charge in [-0.15, -0.1) is 0 Å². The largest absolute Gasteiger partial charge is 0.493 e. The van der Waals surface area contributed by atoms with Crippen molar-refractivity contribution in [2.75, 3.05) is 13.7 Å². The van der Waals surface area contributed by atoms with Crippen LogP contribution in [0.2, 0.25) is 0 Å². The number of carboxylic acid groups (broad SMARTS) is 1. The van der Waals surface area contributed by atoms with Crippen LogP contribution in [0, 0.1) is 0 Å². The first-order valence-corrected chi connectivity index (χ1v) is 7.49. The molecule has 1 heterocycles. The highest BCUT2D eigenvalue weighted by Crippen LogP contribution is 2.38. The zero-order chi connectivity index (χ0) is 16.3. The number of rotatable bonds is 6. The Bertz CT molecular complexity index is 556. The number of carboxylic acids is 1. The van der Waals surface area contributed by atoms with Crippen molar-refractivity contribution in [3.63, 3.8) is 0 Å². The summed E-state index contributed by atoms with van der Waals surface area (Å²) < 4.78 is 34.7. The molecule has 0 spiro atoms. The summed E-state index contributed by atoms with van der Waals surface area (Å²) in [6.07, 6.45) is 1.43. The average molecular weight is 380 g/mol. The molecular formula is C14H16BrF2NO4. The van der Waals surface area contributed by atoms with Crippen LogP contribution in [-0.4, -0.2) is 42.3 Å². The molecule has 1 atom stereocenters. The Kier molecular flexibility index (Phi) is 5.57. The van der Waals surface area contributed by atoms with Crippen LogP contribution in [0.3, 0.4) is 0 Å². The zero-order valence-electron chi connectivity index (χ0n) is 11.9. The van der Waals surface area contributed by atoms with Gasteiger partial charge >= 0.3 is 12.6 Å². The fourth-order valence-corrected chi connectivity index (χ4v) is 3.18. The van der Waals surface area contributed by atoms with Crippen LogP contribution < -0.4 is 9.47 Å². The molecule has 1 saturated heterocycles. The van der Waals surface area contributed by atoms with E-state index in [4.69, 9.17) is 4.74 Å². The summed E-state index contributed by atoms with van der Waals surface area (Å²) in [5, 5.41) is 9.18. The van der Waals surface area contributed by atoms with Crippen LogP contribution in [0.1, 0.15) is 18.4 Å². The number of aliphatic carboxylic acids is 1. The molecule has 5 nitrogen and oxygen atoms in total. The van der Waals surface area contributed by atoms with Crippen LogP contribution in [-0.2, 0) is 11.3 Å². The molecule has 1 aromatic carbocycles. The van der Waals surface area contributed by atoms with Gasteiger partial charge in [0.25, 0.3) is 0 Å². The van der Waals surface area contributed by atoms with E-state index in [0.717, 1.165) is 12.0 Å². The number of benzene rings is 1. The minimum absolute atomic E-state index is 0.0718. The molecule has 1 fully saturated rings. The third-order valence-electron chi connectivity index (χ3n) is 3.53. The normalized spacial score (nSPS) is 18.7. The molecule has 0 amide bonds. The van der Waals surface area contributed by atoms with E-state index in [0.29, 0.717) is 24.0 Å². The molecule has 1 aliphatic rings. The molecule has 2 rings (SSSR count). The van der Waals surface area contributed by atoms with Gasteiger partial charge in [0.2, 0.25) is 0 Å². The first-order chi connectivity index (χ1) is 10.4. The van der Waals surface area contributed by atoms with Gasteiger partial charge in [-0.05, 0) is 53.0 Å². The van der Waals surface area contributed by atoms with Crippen molar-refractivity contribution >= 4 is 21.9 Å². The fourth-order valence-electron chi connectivity index (χ4n) is 2.60. The summed E-state index contributed by atoms with van der Waals surface area (Å²) in [5.41, 5.74) is 0.762. The van der Waals surface area contributed by atoms with Gasteiger partial charge in [0, 0.05) is 6.54 Å². The topological polar surface area (TPSA) is 59.0 Å². The lowest BCUT2D eigenvalue weighted by Crippen LogP contribution is -2.35. The number of hydrogen-bond donors (Lipinski definition) is 1. The van der Waals surface area contributed by atoms with Gasteiger partial charge in [-0.1, -0.05) is 0 Å². The van der Waals surface area contributed by atoms with Crippen molar-refractivity contribution in [3.05, 3.63) is 22.2 Å². The molecular weight excluding hydrogens is 364 g/mol. The second-order valence-corrected chi connectivity index (χ2v) is 5.81. The average Bonchev–Trinajstić information content (AvgIpc) is 2.89. The van der Waals surface area contributed by atoms with Gasteiger partial charge in [-0.25, -0.2) is 0 Å². The quantitative estimate of drug-likeness (QED) is 0.822. The SMILES string of the molecule is COc1cc(CN2CCC[C@@H]2C(=O)O)cc(Br)c1OC(F)F. The summed E-state index contributed by atoms with van der Waals surface area (Å²) in [6.45, 7) is -1.86. The Balaban J connectivity index is 2.22. The highest BCUT2D eigenvalue weighted by atomic mass is 79.9. The van der Waals surface area contributed by atoms with Crippen LogP contribution in [0.5, 0.6) is 11.5 Å². The molecule has 1 aliphatic heterocycles. The van der Waals surface area contributed by atoms with Crippen molar-refractivity contribution in [2.24, 2.45) is 0 Å². The lowest BCUT2D eigenvalue weighted by molar-refractivity contribution is -0.142. The first-order valence-electron chi connectivity index (χ1n) is 6.70. The van der Waals surface area contributed by atoms with Gasteiger partial charge in [0.05, 0.1) is 11.6 Å². The molecule has 22 heavy (non-hydrogen) atoms. The molecule has 0 bridgehead atoms. The van der Waals surface area contributed by atoms with Gasteiger partial charge < -0.3 is 14.6 Å². The zero-order valence-corrected chi connectivity index (χ0v) is 13.5. The number of methoxy groups -OCH3 is 1. The predicted octanol–water partition coefficient (Wildman–Crippen LogP) is 3.11. The lowest BCUT2D eigenvalue weighted by Gasteiger charge is -2.22. The maximum atomic E-state index is 12.4. The van der Waals surface area contributed by atoms with Crippen molar-refractivity contribution in [2.45, 2.75) is 32.0 Å². The number of ether oxygens (including phenoxy) is 2. The van der Waals surface area contributed by atoms with Crippen molar-refractivity contribution < 1.29 is 28.2 Å². The van der Waals surface area contributed by atoms with E-state index in [1.54, 1.807) is 12.1 Å². The Hall–Kier alpha value is -1.41. The predicted molar refractivity (Wildman–Crippen MR) is 78.4 cm³/mol. The van der Waals surface area contributed by atoms with Gasteiger partial charge in [0.15, 0.2) is 11.5 Å². The third-order valence-corrected chi connectivity index (χ3v) is 4.12. The van der Waals surface area contributed by atoms with Gasteiger partial charge in [0.1, 0.15) is 6.04 Å². The Morgan fingerprint density at radius 2 is 2.27 bits per heavy atom. The van der Waals surface area contributed by atoms with Crippen LogP contribution >= 0.6 is 15.9 Å². The van der Waals surface area contributed by atoms with Gasteiger partial charge in [-0.3, -0.25) is 9.69 Å². The van der Waals surface area contributed by atoms with E-state index in [-0.39, 0.29) is 11.5 Å². The van der Waals surface area contributed by atoms with Crippen LogP contribution in [0.25, 0.3) is 0 Å². The van der Waals surface area contributed by atoms with Crippen LogP contribution in [0.4, 0.5) is 8.78 Å². The lowest BCUT2D eigenvalue weighted by atomic mass is 10.1. The second-order valence-electron chi connectivity index (χ2n) is 4.95. The number of alkyl halides is 2. The molecule has 1 N–H and O–H groups in total. The minimum atomic E-state index is -2.95. The number of likely N-dealkylation sites (tertiary alicyclic amines) is 1. The maximum Gasteiger partial charge on any atom is 0.387 e. The molecule has 0 unspecified atom stereocenters. The van der Waals surface area contributed by atoms with E-state index in [1.165, 1.54) is 7.11 Å². The standard InChI is InChI=1S/C14H16BrF2NO4/c1-21-11-6-8(5-9(15)12(11)22-14(16)17)7-18-4-2-3-10(18)13(19)20/h5-6,10,14H,2-4,7H2,1H3,(H,19,20)/t10-/m1/s1. The second kappa shape index (κ2) is 7.23. The van der Waals surface area contributed by atoms with Crippen LogP contribution in [0.15, 0.2) is 16.6 Å². The molecule has 1 aromatic rings. The maximum absolute atomic E-state index is 12.4. The molecule has 8 heteroatoms. The summed E-state index contributed by atoms with van der Waals surface area (Å²) in [7, 11) is 1.36. The third kappa shape index (κ3) is 3.86. The minimum Gasteiger partial charge on any atom is -0.493 e. The highest BCUT2D eigenvalue weighted by Gasteiger charge is 2.30. The summed E-state index contributed by atoms with van der Waals surface area (Å²) >= 11 is 3.19. The molecule has 122 valence electrons. The van der Waals surface area contributed by atoms with E-state index in [1.807, 2.05) is 4.90 Å². The van der Waals surface area contributed by atoms with E-state index < -0.39 is 18.6 Å². The molecule has 0 aromatic heterocycles. The summed E-state index contributed by atoms with van der Waals surface area (Å²) in [6, 6.07) is 2.71. The fraction of sp³-hybridized carbons (Fsp3) is 0.500. The first kappa shape index (κ1) is 17.0. The molecule has 0 aliphatic carbocycles. The summed E-state index contributed by atoms with van der Waals surface area (Å²) in [5.74, 6) is -0.741. The Morgan fingerprint density at radius 3 is 2.86 bits per heavy atom. The van der Waals surface area contributed by atoms with E-state index in [2.05, 4.69) is 20.7 Å². The van der Waals surface area contributed by atoms with Gasteiger partial charge in [-0.2, -0.15) is 8.78 Å². The number of halogens is 3. The molecule has 0 radical (unpaired) electrons. The monoisotopic (exact) mass is 379 g/mol. The number of nitrogens with zero attached hydrogens (tertiary/aromatic N) is 1. The Labute approximate surface area is 134 Å². The van der Waals surface area contributed by atoms with E-state index in [9.17, 15) is 18.7 Å².